The van der Waals surface area contributed by atoms with E-state index in [4.69, 9.17) is 11.2 Å². The Labute approximate surface area is 117 Å². The minimum atomic E-state index is -0.250. The van der Waals surface area contributed by atoms with Crippen LogP contribution in [0.2, 0.25) is 0 Å². The molecule has 0 atom stereocenters. The van der Waals surface area contributed by atoms with Gasteiger partial charge in [0.25, 0.3) is 0 Å². The lowest BCUT2D eigenvalue weighted by Crippen LogP contribution is -2.06. The SMILES string of the molecule is C#Cc1cccc(Oc2ccc(NC(=O)C=C)cc2)c1. The van der Waals surface area contributed by atoms with Crippen LogP contribution in [0.15, 0.2) is 61.2 Å². The molecule has 0 spiro atoms. The molecule has 2 aromatic carbocycles. The largest absolute Gasteiger partial charge is 0.457 e. The molecular weight excluding hydrogens is 250 g/mol. The second-order valence-electron chi connectivity index (χ2n) is 3.99. The van der Waals surface area contributed by atoms with Gasteiger partial charge in [0.05, 0.1) is 0 Å². The molecule has 0 saturated heterocycles. The van der Waals surface area contributed by atoms with Crippen molar-refractivity contribution < 1.29 is 9.53 Å². The fraction of sp³-hybridized carbons (Fsp3) is 0. The molecule has 3 heteroatoms. The van der Waals surface area contributed by atoms with Gasteiger partial charge in [0.2, 0.25) is 5.91 Å². The van der Waals surface area contributed by atoms with Crippen molar-refractivity contribution in [3.63, 3.8) is 0 Å². The molecule has 2 rings (SSSR count). The van der Waals surface area contributed by atoms with Gasteiger partial charge in [-0.3, -0.25) is 4.79 Å². The Hall–Kier alpha value is -2.99. The second kappa shape index (κ2) is 6.26. The zero-order chi connectivity index (χ0) is 14.4. The number of hydrogen-bond acceptors (Lipinski definition) is 2. The third-order valence-corrected chi connectivity index (χ3v) is 2.54. The van der Waals surface area contributed by atoms with Gasteiger partial charge in [0, 0.05) is 11.3 Å². The van der Waals surface area contributed by atoms with Gasteiger partial charge in [-0.15, -0.1) is 6.42 Å². The summed E-state index contributed by atoms with van der Waals surface area (Å²) >= 11 is 0. The predicted octanol–water partition coefficient (Wildman–Crippen LogP) is 3.58. The fourth-order valence-corrected chi connectivity index (χ4v) is 1.59. The lowest BCUT2D eigenvalue weighted by atomic mass is 10.2. The average molecular weight is 263 g/mol. The predicted molar refractivity (Wildman–Crippen MR) is 79.7 cm³/mol. The molecule has 0 aromatic heterocycles. The van der Waals surface area contributed by atoms with Crippen molar-refractivity contribution in [2.75, 3.05) is 5.32 Å². The topological polar surface area (TPSA) is 38.3 Å². The number of amides is 1. The van der Waals surface area contributed by atoms with Crippen LogP contribution in [0.25, 0.3) is 0 Å². The van der Waals surface area contributed by atoms with Crippen molar-refractivity contribution in [2.24, 2.45) is 0 Å². The lowest BCUT2D eigenvalue weighted by Gasteiger charge is -2.07. The third-order valence-electron chi connectivity index (χ3n) is 2.54. The minimum Gasteiger partial charge on any atom is -0.457 e. The summed E-state index contributed by atoms with van der Waals surface area (Å²) < 4.78 is 5.68. The van der Waals surface area contributed by atoms with E-state index in [2.05, 4.69) is 17.8 Å². The summed E-state index contributed by atoms with van der Waals surface area (Å²) in [5.41, 5.74) is 1.44. The molecule has 98 valence electrons. The van der Waals surface area contributed by atoms with Crippen LogP contribution in [0.5, 0.6) is 11.5 Å². The quantitative estimate of drug-likeness (QED) is 0.676. The maximum Gasteiger partial charge on any atom is 0.247 e. The molecule has 1 amide bonds. The van der Waals surface area contributed by atoms with Crippen LogP contribution in [0.1, 0.15) is 5.56 Å². The van der Waals surface area contributed by atoms with Gasteiger partial charge in [0.1, 0.15) is 11.5 Å². The Bertz CT molecular complexity index is 666. The van der Waals surface area contributed by atoms with E-state index < -0.39 is 0 Å². The summed E-state index contributed by atoms with van der Waals surface area (Å²) in [5.74, 6) is 3.64. The van der Waals surface area contributed by atoms with Crippen LogP contribution in [0.3, 0.4) is 0 Å². The summed E-state index contributed by atoms with van der Waals surface area (Å²) in [5, 5.41) is 2.66. The maximum atomic E-state index is 11.1. The molecule has 20 heavy (non-hydrogen) atoms. The van der Waals surface area contributed by atoms with Gasteiger partial charge < -0.3 is 10.1 Å². The monoisotopic (exact) mass is 263 g/mol. The summed E-state index contributed by atoms with van der Waals surface area (Å²) in [6.45, 7) is 3.39. The van der Waals surface area contributed by atoms with Crippen molar-refractivity contribution >= 4 is 11.6 Å². The van der Waals surface area contributed by atoms with Gasteiger partial charge in [0.15, 0.2) is 0 Å². The molecule has 0 saturated carbocycles. The number of anilines is 1. The molecule has 0 aliphatic heterocycles. The first-order valence-electron chi connectivity index (χ1n) is 5.99. The Balaban J connectivity index is 2.08. The normalized spacial score (nSPS) is 9.35. The highest BCUT2D eigenvalue weighted by Gasteiger charge is 2.00. The number of hydrogen-bond donors (Lipinski definition) is 1. The summed E-state index contributed by atoms with van der Waals surface area (Å²) in [4.78, 5) is 11.1. The van der Waals surface area contributed by atoms with Gasteiger partial charge in [-0.25, -0.2) is 0 Å². The van der Waals surface area contributed by atoms with Gasteiger partial charge in [-0.05, 0) is 48.5 Å². The number of benzene rings is 2. The number of carbonyl (C=O) groups excluding carboxylic acids is 1. The number of rotatable bonds is 4. The van der Waals surface area contributed by atoms with Crippen LogP contribution in [0.4, 0.5) is 5.69 Å². The van der Waals surface area contributed by atoms with Gasteiger partial charge in [-0.2, -0.15) is 0 Å². The van der Waals surface area contributed by atoms with Crippen LogP contribution in [-0.2, 0) is 4.79 Å². The second-order valence-corrected chi connectivity index (χ2v) is 3.99. The van der Waals surface area contributed by atoms with Crippen molar-refractivity contribution in [1.82, 2.24) is 0 Å². The van der Waals surface area contributed by atoms with E-state index in [1.54, 1.807) is 30.3 Å². The molecule has 0 aliphatic rings. The Morgan fingerprint density at radius 2 is 1.95 bits per heavy atom. The minimum absolute atomic E-state index is 0.250. The Morgan fingerprint density at radius 1 is 1.20 bits per heavy atom. The Morgan fingerprint density at radius 3 is 2.60 bits per heavy atom. The number of carbonyl (C=O) groups is 1. The van der Waals surface area contributed by atoms with Gasteiger partial charge >= 0.3 is 0 Å². The smallest absolute Gasteiger partial charge is 0.247 e. The standard InChI is InChI=1S/C17H13NO2/c1-3-13-6-5-7-16(12-13)20-15-10-8-14(9-11-15)18-17(19)4-2/h1,4-12H,2H2,(H,18,19). The fourth-order valence-electron chi connectivity index (χ4n) is 1.59. The Kier molecular flexibility index (Phi) is 4.21. The van der Waals surface area contributed by atoms with Crippen molar-refractivity contribution in [3.8, 4) is 23.8 Å². The molecule has 0 bridgehead atoms. The summed E-state index contributed by atoms with van der Waals surface area (Å²) in [6.07, 6.45) is 6.56. The van der Waals surface area contributed by atoms with Crippen LogP contribution in [-0.4, -0.2) is 5.91 Å². The highest BCUT2D eigenvalue weighted by molar-refractivity contribution is 5.98. The number of ether oxygens (including phenoxy) is 1. The van der Waals surface area contributed by atoms with E-state index in [1.807, 2.05) is 18.2 Å². The lowest BCUT2D eigenvalue weighted by molar-refractivity contribution is -0.111. The van der Waals surface area contributed by atoms with E-state index in [1.165, 1.54) is 6.08 Å². The van der Waals surface area contributed by atoms with Crippen molar-refractivity contribution in [3.05, 3.63) is 66.7 Å². The molecule has 0 aliphatic carbocycles. The summed E-state index contributed by atoms with van der Waals surface area (Å²) in [7, 11) is 0. The molecule has 0 heterocycles. The van der Waals surface area contributed by atoms with E-state index in [9.17, 15) is 4.79 Å². The average Bonchev–Trinajstić information content (AvgIpc) is 2.49. The molecule has 0 fully saturated rings. The zero-order valence-electron chi connectivity index (χ0n) is 10.8. The maximum absolute atomic E-state index is 11.1. The molecule has 3 nitrogen and oxygen atoms in total. The first-order valence-corrected chi connectivity index (χ1v) is 5.99. The first kappa shape index (κ1) is 13.4. The summed E-state index contributed by atoms with van der Waals surface area (Å²) in [6, 6.07) is 14.3. The highest BCUT2D eigenvalue weighted by Crippen LogP contribution is 2.23. The zero-order valence-corrected chi connectivity index (χ0v) is 10.8. The van der Waals surface area contributed by atoms with Crippen molar-refractivity contribution in [1.29, 1.82) is 0 Å². The van der Waals surface area contributed by atoms with E-state index >= 15 is 0 Å². The molecule has 0 unspecified atom stereocenters. The molecule has 2 aromatic rings. The number of terminal acetylenes is 1. The van der Waals surface area contributed by atoms with E-state index in [0.717, 1.165) is 5.56 Å². The van der Waals surface area contributed by atoms with E-state index in [0.29, 0.717) is 17.2 Å². The van der Waals surface area contributed by atoms with Crippen LogP contribution >= 0.6 is 0 Å². The van der Waals surface area contributed by atoms with Crippen LogP contribution < -0.4 is 10.1 Å². The molecule has 1 N–H and O–H groups in total. The number of nitrogens with one attached hydrogen (secondary N) is 1. The van der Waals surface area contributed by atoms with Crippen molar-refractivity contribution in [2.45, 2.75) is 0 Å². The molecular formula is C17H13NO2. The third kappa shape index (κ3) is 3.50. The first-order chi connectivity index (χ1) is 9.71. The van der Waals surface area contributed by atoms with Gasteiger partial charge in [-0.1, -0.05) is 18.6 Å². The highest BCUT2D eigenvalue weighted by atomic mass is 16.5. The molecule has 0 radical (unpaired) electrons. The van der Waals surface area contributed by atoms with E-state index in [-0.39, 0.29) is 5.91 Å². The van der Waals surface area contributed by atoms with Crippen LogP contribution in [0, 0.1) is 12.3 Å².